The van der Waals surface area contributed by atoms with Gasteiger partial charge in [-0.2, -0.15) is 0 Å². The number of aryl methyl sites for hydroxylation is 1. The molecule has 0 aromatic heterocycles. The van der Waals surface area contributed by atoms with Gasteiger partial charge in [0.15, 0.2) is 0 Å². The molecule has 1 fully saturated rings. The molecule has 3 heteroatoms. The molecule has 1 saturated carbocycles. The first-order valence-corrected chi connectivity index (χ1v) is 6.68. The maximum absolute atomic E-state index is 6.09. The van der Waals surface area contributed by atoms with Gasteiger partial charge in [0.1, 0.15) is 11.9 Å². The van der Waals surface area contributed by atoms with Crippen LogP contribution in [0.5, 0.6) is 5.75 Å². The van der Waals surface area contributed by atoms with Crippen molar-refractivity contribution in [3.05, 3.63) is 22.7 Å². The van der Waals surface area contributed by atoms with Crippen molar-refractivity contribution in [3.8, 4) is 5.75 Å². The third kappa shape index (κ3) is 2.86. The van der Waals surface area contributed by atoms with Crippen LogP contribution in [0.2, 0.25) is 5.02 Å². The van der Waals surface area contributed by atoms with Crippen molar-refractivity contribution in [1.82, 2.24) is 0 Å². The highest BCUT2D eigenvalue weighted by atomic mass is 35.5. The summed E-state index contributed by atoms with van der Waals surface area (Å²) in [4.78, 5) is 0. The molecular formula is C14H20ClNO. The highest BCUT2D eigenvalue weighted by Gasteiger charge is 2.23. The summed E-state index contributed by atoms with van der Waals surface area (Å²) in [6, 6.07) is 3.72. The molecule has 1 aliphatic carbocycles. The van der Waals surface area contributed by atoms with E-state index in [-0.39, 0.29) is 0 Å². The van der Waals surface area contributed by atoms with E-state index in [0.29, 0.717) is 22.7 Å². The minimum Gasteiger partial charge on any atom is -0.490 e. The monoisotopic (exact) mass is 253 g/mol. The van der Waals surface area contributed by atoms with E-state index in [9.17, 15) is 0 Å². The van der Waals surface area contributed by atoms with Crippen molar-refractivity contribution in [3.63, 3.8) is 0 Å². The zero-order valence-corrected chi connectivity index (χ0v) is 11.3. The predicted molar refractivity (Wildman–Crippen MR) is 72.6 cm³/mol. The number of hydrogen-bond donors (Lipinski definition) is 1. The summed E-state index contributed by atoms with van der Waals surface area (Å²) < 4.78 is 6.09. The predicted octanol–water partition coefficient (Wildman–Crippen LogP) is 4.19. The summed E-state index contributed by atoms with van der Waals surface area (Å²) in [5.74, 6) is 1.50. The fourth-order valence-electron chi connectivity index (χ4n) is 2.43. The van der Waals surface area contributed by atoms with E-state index in [1.807, 2.05) is 19.1 Å². The van der Waals surface area contributed by atoms with Gasteiger partial charge in [0.25, 0.3) is 0 Å². The molecule has 1 aromatic carbocycles. The second-order valence-electron chi connectivity index (χ2n) is 5.06. The van der Waals surface area contributed by atoms with Gasteiger partial charge in [-0.25, -0.2) is 0 Å². The molecule has 0 aliphatic heterocycles. The standard InChI is InChI=1S/C14H20ClNO/c1-9-5-3-4-6-13(9)17-14-8-11(15)12(16)7-10(14)2/h7-9,13H,3-6,16H2,1-2H3. The van der Waals surface area contributed by atoms with Gasteiger partial charge in [0.2, 0.25) is 0 Å². The molecule has 0 spiro atoms. The lowest BCUT2D eigenvalue weighted by atomic mass is 9.88. The molecule has 2 unspecified atom stereocenters. The van der Waals surface area contributed by atoms with Crippen LogP contribution in [0.3, 0.4) is 0 Å². The molecule has 0 radical (unpaired) electrons. The Labute approximate surface area is 108 Å². The fraction of sp³-hybridized carbons (Fsp3) is 0.571. The molecule has 0 saturated heterocycles. The molecular weight excluding hydrogens is 234 g/mol. The molecule has 0 heterocycles. The molecule has 0 bridgehead atoms. The van der Waals surface area contributed by atoms with Gasteiger partial charge in [-0.15, -0.1) is 0 Å². The molecule has 0 amide bonds. The quantitative estimate of drug-likeness (QED) is 0.803. The van der Waals surface area contributed by atoms with Crippen molar-refractivity contribution < 1.29 is 4.74 Å². The first-order chi connectivity index (χ1) is 8.08. The highest BCUT2D eigenvalue weighted by Crippen LogP contribution is 2.33. The van der Waals surface area contributed by atoms with Crippen LogP contribution >= 0.6 is 11.6 Å². The Balaban J connectivity index is 2.15. The Morgan fingerprint density at radius 1 is 1.29 bits per heavy atom. The van der Waals surface area contributed by atoms with E-state index in [2.05, 4.69) is 6.92 Å². The van der Waals surface area contributed by atoms with Gasteiger partial charge in [0.05, 0.1) is 10.7 Å². The molecule has 1 aromatic rings. The smallest absolute Gasteiger partial charge is 0.124 e. The molecule has 2 atom stereocenters. The number of rotatable bonds is 2. The number of anilines is 1. The number of halogens is 1. The van der Waals surface area contributed by atoms with Crippen molar-refractivity contribution in [2.45, 2.75) is 45.6 Å². The lowest BCUT2D eigenvalue weighted by molar-refractivity contribution is 0.102. The van der Waals surface area contributed by atoms with Crippen LogP contribution in [0, 0.1) is 12.8 Å². The second kappa shape index (κ2) is 5.18. The largest absolute Gasteiger partial charge is 0.490 e. The van der Waals surface area contributed by atoms with Crippen LogP contribution in [0.25, 0.3) is 0 Å². The molecule has 94 valence electrons. The Morgan fingerprint density at radius 3 is 2.71 bits per heavy atom. The third-order valence-corrected chi connectivity index (χ3v) is 3.93. The normalized spacial score (nSPS) is 24.6. The van der Waals surface area contributed by atoms with Crippen LogP contribution in [0.1, 0.15) is 38.2 Å². The fourth-order valence-corrected chi connectivity index (χ4v) is 2.59. The lowest BCUT2D eigenvalue weighted by Crippen LogP contribution is -2.28. The van der Waals surface area contributed by atoms with Gasteiger partial charge in [-0.3, -0.25) is 0 Å². The van der Waals surface area contributed by atoms with Crippen molar-refractivity contribution in [2.24, 2.45) is 5.92 Å². The Morgan fingerprint density at radius 2 is 2.00 bits per heavy atom. The van der Waals surface area contributed by atoms with Crippen LogP contribution < -0.4 is 10.5 Å². The van der Waals surface area contributed by atoms with Gasteiger partial charge in [-0.05, 0) is 43.7 Å². The summed E-state index contributed by atoms with van der Waals surface area (Å²) >= 11 is 6.03. The summed E-state index contributed by atoms with van der Waals surface area (Å²) in [6.07, 6.45) is 5.30. The topological polar surface area (TPSA) is 35.2 Å². The van der Waals surface area contributed by atoms with Gasteiger partial charge >= 0.3 is 0 Å². The van der Waals surface area contributed by atoms with Gasteiger partial charge in [-0.1, -0.05) is 24.9 Å². The van der Waals surface area contributed by atoms with Gasteiger partial charge in [0, 0.05) is 6.07 Å². The molecule has 2 N–H and O–H groups in total. The van der Waals surface area contributed by atoms with E-state index in [4.69, 9.17) is 22.1 Å². The first kappa shape index (κ1) is 12.6. The maximum Gasteiger partial charge on any atom is 0.124 e. The second-order valence-corrected chi connectivity index (χ2v) is 5.46. The molecule has 2 rings (SSSR count). The van der Waals surface area contributed by atoms with Gasteiger partial charge < -0.3 is 10.5 Å². The van der Waals surface area contributed by atoms with E-state index >= 15 is 0 Å². The number of nitrogen functional groups attached to an aromatic ring is 1. The lowest BCUT2D eigenvalue weighted by Gasteiger charge is -2.30. The zero-order chi connectivity index (χ0) is 12.4. The number of hydrogen-bond acceptors (Lipinski definition) is 2. The van der Waals surface area contributed by atoms with Crippen molar-refractivity contribution >= 4 is 17.3 Å². The Kier molecular flexibility index (Phi) is 3.82. The third-order valence-electron chi connectivity index (χ3n) is 3.61. The van der Waals surface area contributed by atoms with E-state index in [0.717, 1.165) is 17.7 Å². The Hall–Kier alpha value is -0.890. The summed E-state index contributed by atoms with van der Waals surface area (Å²) in [6.45, 7) is 4.27. The first-order valence-electron chi connectivity index (χ1n) is 6.30. The van der Waals surface area contributed by atoms with E-state index in [1.54, 1.807) is 0 Å². The Bertz CT molecular complexity index is 405. The van der Waals surface area contributed by atoms with E-state index < -0.39 is 0 Å². The summed E-state index contributed by atoms with van der Waals surface area (Å²) in [5, 5.41) is 0.578. The number of nitrogens with two attached hydrogens (primary N) is 1. The molecule has 1 aliphatic rings. The average Bonchev–Trinajstić information content (AvgIpc) is 2.29. The van der Waals surface area contributed by atoms with Crippen molar-refractivity contribution in [2.75, 3.05) is 5.73 Å². The molecule has 2 nitrogen and oxygen atoms in total. The highest BCUT2D eigenvalue weighted by molar-refractivity contribution is 6.33. The van der Waals surface area contributed by atoms with E-state index in [1.165, 1.54) is 19.3 Å². The zero-order valence-electron chi connectivity index (χ0n) is 10.5. The average molecular weight is 254 g/mol. The minimum atomic E-state index is 0.321. The summed E-state index contributed by atoms with van der Waals surface area (Å²) in [7, 11) is 0. The van der Waals surface area contributed by atoms with Crippen LogP contribution in [-0.4, -0.2) is 6.10 Å². The number of benzene rings is 1. The van der Waals surface area contributed by atoms with Crippen LogP contribution in [0.15, 0.2) is 12.1 Å². The van der Waals surface area contributed by atoms with Crippen molar-refractivity contribution in [1.29, 1.82) is 0 Å². The SMILES string of the molecule is Cc1cc(N)c(Cl)cc1OC1CCCCC1C. The maximum atomic E-state index is 6.09. The molecule has 17 heavy (non-hydrogen) atoms. The minimum absolute atomic E-state index is 0.321. The number of ether oxygens (including phenoxy) is 1. The van der Waals surface area contributed by atoms with Crippen LogP contribution in [-0.2, 0) is 0 Å². The summed E-state index contributed by atoms with van der Waals surface area (Å²) in [5.41, 5.74) is 7.44. The van der Waals surface area contributed by atoms with Crippen LogP contribution in [0.4, 0.5) is 5.69 Å².